The summed E-state index contributed by atoms with van der Waals surface area (Å²) in [5.74, 6) is -2.22. The number of nitrogens with two attached hydrogens (primary N) is 1. The van der Waals surface area contributed by atoms with Crippen molar-refractivity contribution in [3.8, 4) is 0 Å². The van der Waals surface area contributed by atoms with E-state index in [1.165, 1.54) is 13.8 Å². The number of nitrogens with one attached hydrogen (secondary N) is 2. The van der Waals surface area contributed by atoms with E-state index in [1.54, 1.807) is 0 Å². The second-order valence-electron chi connectivity index (χ2n) is 4.56. The average molecular weight is 287 g/mol. The Hall–Kier alpha value is -1.96. The number of aliphatic hydroxyl groups is 1. The molecule has 0 aromatic rings. The van der Waals surface area contributed by atoms with E-state index in [2.05, 4.69) is 10.6 Å². The molecule has 0 aliphatic rings. The molecule has 8 heteroatoms. The lowest BCUT2D eigenvalue weighted by atomic mass is 10.1. The molecule has 0 aliphatic heterocycles. The van der Waals surface area contributed by atoms with Crippen LogP contribution in [0.4, 0.5) is 0 Å². The standard InChI is InChI=1S/C12H21N3O5/c1-7(8(2)17)12(20)14-5-11(19)15-9(6-16)3-4-10(13)18/h6-9,17H,3-5H2,1-2H3,(H2,13,18)(H,14,20)(H,15,19)/t7-,8+,9?/m0/s1. The minimum absolute atomic E-state index is 0.0187. The van der Waals surface area contributed by atoms with E-state index in [1.807, 2.05) is 0 Å². The third kappa shape index (κ3) is 7.47. The van der Waals surface area contributed by atoms with E-state index in [-0.39, 0.29) is 19.4 Å². The highest BCUT2D eigenvalue weighted by Crippen LogP contribution is 2.01. The predicted molar refractivity (Wildman–Crippen MR) is 70.3 cm³/mol. The number of aliphatic hydroxyl groups excluding tert-OH is 1. The second-order valence-corrected chi connectivity index (χ2v) is 4.56. The van der Waals surface area contributed by atoms with E-state index < -0.39 is 35.8 Å². The molecule has 3 amide bonds. The van der Waals surface area contributed by atoms with Gasteiger partial charge in [0.1, 0.15) is 6.29 Å². The number of amides is 3. The molecule has 8 nitrogen and oxygen atoms in total. The van der Waals surface area contributed by atoms with Crippen LogP contribution >= 0.6 is 0 Å². The molecule has 0 aromatic carbocycles. The molecule has 0 fully saturated rings. The summed E-state index contributed by atoms with van der Waals surface area (Å²) >= 11 is 0. The van der Waals surface area contributed by atoms with Gasteiger partial charge in [-0.15, -0.1) is 0 Å². The summed E-state index contributed by atoms with van der Waals surface area (Å²) in [4.78, 5) is 44.2. The van der Waals surface area contributed by atoms with E-state index in [0.29, 0.717) is 6.29 Å². The van der Waals surface area contributed by atoms with Crippen LogP contribution < -0.4 is 16.4 Å². The Bertz CT molecular complexity index is 370. The van der Waals surface area contributed by atoms with Gasteiger partial charge in [0.05, 0.1) is 24.6 Å². The highest BCUT2D eigenvalue weighted by molar-refractivity contribution is 5.87. The molecule has 0 radical (unpaired) electrons. The van der Waals surface area contributed by atoms with Gasteiger partial charge >= 0.3 is 0 Å². The maximum Gasteiger partial charge on any atom is 0.239 e. The van der Waals surface area contributed by atoms with Gasteiger partial charge in [0, 0.05) is 6.42 Å². The van der Waals surface area contributed by atoms with Crippen LogP contribution in [0.2, 0.25) is 0 Å². The number of carbonyl (C=O) groups is 4. The molecule has 0 aliphatic carbocycles. The molecule has 0 aromatic heterocycles. The molecular weight excluding hydrogens is 266 g/mol. The van der Waals surface area contributed by atoms with E-state index in [4.69, 9.17) is 5.73 Å². The van der Waals surface area contributed by atoms with Crippen LogP contribution in [0.15, 0.2) is 0 Å². The summed E-state index contributed by atoms with van der Waals surface area (Å²) in [5.41, 5.74) is 4.94. The zero-order valence-corrected chi connectivity index (χ0v) is 11.6. The van der Waals surface area contributed by atoms with Crippen molar-refractivity contribution in [2.24, 2.45) is 11.7 Å². The fourth-order valence-electron chi connectivity index (χ4n) is 1.28. The normalized spacial score (nSPS) is 14.8. The van der Waals surface area contributed by atoms with Crippen LogP contribution in [0.25, 0.3) is 0 Å². The van der Waals surface area contributed by atoms with Crippen molar-refractivity contribution < 1.29 is 24.3 Å². The van der Waals surface area contributed by atoms with E-state index >= 15 is 0 Å². The minimum Gasteiger partial charge on any atom is -0.393 e. The fraction of sp³-hybridized carbons (Fsp3) is 0.667. The fourth-order valence-corrected chi connectivity index (χ4v) is 1.28. The molecular formula is C12H21N3O5. The molecule has 0 rings (SSSR count). The van der Waals surface area contributed by atoms with Gasteiger partial charge in [-0.1, -0.05) is 6.92 Å². The molecule has 5 N–H and O–H groups in total. The summed E-state index contributed by atoms with van der Waals surface area (Å²) in [6.07, 6.45) is -0.227. The third-order valence-electron chi connectivity index (χ3n) is 2.77. The van der Waals surface area contributed by atoms with Gasteiger partial charge in [-0.3, -0.25) is 14.4 Å². The number of primary amides is 1. The maximum absolute atomic E-state index is 11.5. The van der Waals surface area contributed by atoms with Crippen molar-refractivity contribution in [3.05, 3.63) is 0 Å². The first-order chi connectivity index (χ1) is 9.27. The molecule has 20 heavy (non-hydrogen) atoms. The predicted octanol–water partition coefficient (Wildman–Crippen LogP) is -1.93. The van der Waals surface area contributed by atoms with E-state index in [0.717, 1.165) is 0 Å². The van der Waals surface area contributed by atoms with Gasteiger partial charge in [-0.2, -0.15) is 0 Å². The number of hydrogen-bond acceptors (Lipinski definition) is 5. The summed E-state index contributed by atoms with van der Waals surface area (Å²) in [7, 11) is 0. The highest BCUT2D eigenvalue weighted by atomic mass is 16.3. The number of hydrogen-bond donors (Lipinski definition) is 4. The van der Waals surface area contributed by atoms with Gasteiger partial charge in [-0.25, -0.2) is 0 Å². The summed E-state index contributed by atoms with van der Waals surface area (Å²) in [6.45, 7) is 2.69. The lowest BCUT2D eigenvalue weighted by Gasteiger charge is -2.15. The SMILES string of the molecule is C[C@H](C(=O)NCC(=O)NC(C=O)CCC(N)=O)[C@@H](C)O. The van der Waals surface area contributed by atoms with Crippen LogP contribution in [0.1, 0.15) is 26.7 Å². The first-order valence-corrected chi connectivity index (χ1v) is 6.26. The molecule has 0 heterocycles. The lowest BCUT2D eigenvalue weighted by molar-refractivity contribution is -0.130. The average Bonchev–Trinajstić information content (AvgIpc) is 2.39. The number of rotatable bonds is 9. The van der Waals surface area contributed by atoms with Crippen molar-refractivity contribution in [3.63, 3.8) is 0 Å². The van der Waals surface area contributed by atoms with Crippen LogP contribution in [0.5, 0.6) is 0 Å². The Labute approximate surface area is 117 Å². The maximum atomic E-state index is 11.5. The zero-order valence-electron chi connectivity index (χ0n) is 11.6. The van der Waals surface area contributed by atoms with Crippen molar-refractivity contribution in [2.75, 3.05) is 6.54 Å². The molecule has 0 saturated carbocycles. The minimum atomic E-state index is -0.823. The van der Waals surface area contributed by atoms with Crippen molar-refractivity contribution in [2.45, 2.75) is 38.8 Å². The molecule has 114 valence electrons. The second kappa shape index (κ2) is 9.03. The topological polar surface area (TPSA) is 139 Å². The third-order valence-corrected chi connectivity index (χ3v) is 2.77. The van der Waals surface area contributed by atoms with Gasteiger partial charge in [0.15, 0.2) is 0 Å². The van der Waals surface area contributed by atoms with Crippen LogP contribution in [-0.4, -0.2) is 47.8 Å². The zero-order chi connectivity index (χ0) is 15.7. The van der Waals surface area contributed by atoms with E-state index in [9.17, 15) is 24.3 Å². The molecule has 0 spiro atoms. The summed E-state index contributed by atoms with van der Waals surface area (Å²) < 4.78 is 0. The first kappa shape index (κ1) is 18.0. The molecule has 0 bridgehead atoms. The lowest BCUT2D eigenvalue weighted by Crippen LogP contribution is -2.45. The van der Waals surface area contributed by atoms with Crippen molar-refractivity contribution in [1.82, 2.24) is 10.6 Å². The monoisotopic (exact) mass is 287 g/mol. The first-order valence-electron chi connectivity index (χ1n) is 6.26. The summed E-state index contributed by atoms with van der Waals surface area (Å²) in [5, 5.41) is 13.9. The number of carbonyl (C=O) groups excluding carboxylic acids is 4. The number of aldehydes is 1. The van der Waals surface area contributed by atoms with Crippen molar-refractivity contribution in [1.29, 1.82) is 0 Å². The summed E-state index contributed by atoms with van der Waals surface area (Å²) in [6, 6.07) is -0.818. The Kier molecular flexibility index (Phi) is 8.14. The smallest absolute Gasteiger partial charge is 0.239 e. The van der Waals surface area contributed by atoms with Gasteiger partial charge in [0.2, 0.25) is 17.7 Å². The Balaban J connectivity index is 4.11. The molecule has 1 unspecified atom stereocenters. The van der Waals surface area contributed by atoms with Crippen LogP contribution in [-0.2, 0) is 19.2 Å². The highest BCUT2D eigenvalue weighted by Gasteiger charge is 2.19. The van der Waals surface area contributed by atoms with Crippen LogP contribution in [0, 0.1) is 5.92 Å². The van der Waals surface area contributed by atoms with Crippen LogP contribution in [0.3, 0.4) is 0 Å². The van der Waals surface area contributed by atoms with Gasteiger partial charge in [-0.05, 0) is 13.3 Å². The molecule has 0 saturated heterocycles. The van der Waals surface area contributed by atoms with Gasteiger partial charge in [0.25, 0.3) is 0 Å². The Morgan fingerprint density at radius 1 is 1.30 bits per heavy atom. The largest absolute Gasteiger partial charge is 0.393 e. The van der Waals surface area contributed by atoms with Gasteiger partial charge < -0.3 is 26.3 Å². The quantitative estimate of drug-likeness (QED) is 0.366. The Morgan fingerprint density at radius 2 is 1.90 bits per heavy atom. The van der Waals surface area contributed by atoms with Crippen molar-refractivity contribution >= 4 is 24.0 Å². The Morgan fingerprint density at radius 3 is 2.35 bits per heavy atom. The molecule has 3 atom stereocenters.